The number of amides is 1. The van der Waals surface area contributed by atoms with Crippen LogP contribution in [-0.4, -0.2) is 10.9 Å². The quantitative estimate of drug-likeness (QED) is 0.712. The fourth-order valence-corrected chi connectivity index (χ4v) is 3.71. The van der Waals surface area contributed by atoms with Crippen molar-refractivity contribution in [1.82, 2.24) is 4.98 Å². The van der Waals surface area contributed by atoms with Crippen LogP contribution in [0.4, 0.5) is 5.13 Å². The predicted molar refractivity (Wildman–Crippen MR) is 95.5 cm³/mol. The number of aromatic nitrogens is 1. The molecule has 2 aromatic carbocycles. The van der Waals surface area contributed by atoms with Gasteiger partial charge in [-0.1, -0.05) is 48.6 Å². The molecule has 0 aliphatic rings. The second kappa shape index (κ2) is 6.58. The zero-order valence-corrected chi connectivity index (χ0v) is 14.5. The lowest BCUT2D eigenvalue weighted by molar-refractivity contribution is -0.115. The zero-order valence-electron chi connectivity index (χ0n) is 12.1. The summed E-state index contributed by atoms with van der Waals surface area (Å²) in [6.07, 6.45) is 1.37. The topological polar surface area (TPSA) is 42.0 Å². The number of nitrogens with one attached hydrogen (secondary N) is 1. The molecule has 0 unspecified atom stereocenters. The SMILES string of the molecule is CCc1ccc(CC(=O)Nc2nc3c(Br)cccc3s2)cc1. The van der Waals surface area contributed by atoms with E-state index in [4.69, 9.17) is 0 Å². The summed E-state index contributed by atoms with van der Waals surface area (Å²) >= 11 is 4.96. The van der Waals surface area contributed by atoms with Crippen molar-refractivity contribution in [1.29, 1.82) is 0 Å². The van der Waals surface area contributed by atoms with Crippen LogP contribution in [0.5, 0.6) is 0 Å². The minimum absolute atomic E-state index is 0.0422. The summed E-state index contributed by atoms with van der Waals surface area (Å²) in [7, 11) is 0. The second-order valence-electron chi connectivity index (χ2n) is 5.00. The van der Waals surface area contributed by atoms with Gasteiger partial charge in [0.25, 0.3) is 0 Å². The van der Waals surface area contributed by atoms with Crippen molar-refractivity contribution in [2.75, 3.05) is 5.32 Å². The molecular formula is C17H15BrN2OS. The normalized spacial score (nSPS) is 10.8. The first-order valence-electron chi connectivity index (χ1n) is 7.08. The Hall–Kier alpha value is -1.72. The van der Waals surface area contributed by atoms with Gasteiger partial charge in [-0.15, -0.1) is 0 Å². The molecule has 0 saturated heterocycles. The number of anilines is 1. The van der Waals surface area contributed by atoms with E-state index >= 15 is 0 Å². The predicted octanol–water partition coefficient (Wildman–Crippen LogP) is 4.80. The number of aryl methyl sites for hydroxylation is 1. The molecule has 0 aliphatic heterocycles. The van der Waals surface area contributed by atoms with Crippen LogP contribution in [0.25, 0.3) is 10.2 Å². The van der Waals surface area contributed by atoms with Gasteiger partial charge < -0.3 is 5.32 Å². The third-order valence-corrected chi connectivity index (χ3v) is 4.99. The van der Waals surface area contributed by atoms with E-state index in [2.05, 4.69) is 45.3 Å². The van der Waals surface area contributed by atoms with E-state index in [0.29, 0.717) is 11.6 Å². The molecule has 3 nitrogen and oxygen atoms in total. The first-order valence-corrected chi connectivity index (χ1v) is 8.69. The Kier molecular flexibility index (Phi) is 4.55. The lowest BCUT2D eigenvalue weighted by atomic mass is 10.1. The Balaban J connectivity index is 1.71. The number of nitrogens with zero attached hydrogens (tertiary/aromatic N) is 1. The van der Waals surface area contributed by atoms with Crippen molar-refractivity contribution in [2.45, 2.75) is 19.8 Å². The average Bonchev–Trinajstić information content (AvgIpc) is 2.92. The highest BCUT2D eigenvalue weighted by Gasteiger charge is 2.10. The maximum atomic E-state index is 12.1. The smallest absolute Gasteiger partial charge is 0.230 e. The molecule has 1 heterocycles. The summed E-state index contributed by atoms with van der Waals surface area (Å²) in [4.78, 5) is 16.6. The van der Waals surface area contributed by atoms with E-state index in [-0.39, 0.29) is 5.91 Å². The summed E-state index contributed by atoms with van der Waals surface area (Å²) in [5.74, 6) is -0.0422. The molecule has 0 bridgehead atoms. The molecule has 1 N–H and O–H groups in total. The van der Waals surface area contributed by atoms with Crippen molar-refractivity contribution >= 4 is 48.5 Å². The maximum Gasteiger partial charge on any atom is 0.230 e. The van der Waals surface area contributed by atoms with Gasteiger partial charge in [-0.3, -0.25) is 4.79 Å². The monoisotopic (exact) mass is 374 g/mol. The maximum absolute atomic E-state index is 12.1. The second-order valence-corrected chi connectivity index (χ2v) is 6.89. The molecule has 1 amide bonds. The summed E-state index contributed by atoms with van der Waals surface area (Å²) in [6.45, 7) is 2.12. The highest BCUT2D eigenvalue weighted by molar-refractivity contribution is 9.10. The number of rotatable bonds is 4. The number of fused-ring (bicyclic) bond motifs is 1. The molecule has 0 spiro atoms. The number of carbonyl (C=O) groups excluding carboxylic acids is 1. The Morgan fingerprint density at radius 3 is 2.59 bits per heavy atom. The Morgan fingerprint density at radius 2 is 1.91 bits per heavy atom. The van der Waals surface area contributed by atoms with E-state index in [1.54, 1.807) is 0 Å². The van der Waals surface area contributed by atoms with Crippen LogP contribution < -0.4 is 5.32 Å². The molecule has 0 saturated carbocycles. The molecule has 0 aliphatic carbocycles. The zero-order chi connectivity index (χ0) is 15.5. The molecule has 22 heavy (non-hydrogen) atoms. The highest BCUT2D eigenvalue weighted by atomic mass is 79.9. The Labute approximate surface area is 141 Å². The van der Waals surface area contributed by atoms with Gasteiger partial charge in [0, 0.05) is 4.47 Å². The lowest BCUT2D eigenvalue weighted by Crippen LogP contribution is -2.14. The van der Waals surface area contributed by atoms with Crippen LogP contribution in [0.1, 0.15) is 18.1 Å². The van der Waals surface area contributed by atoms with Crippen molar-refractivity contribution in [3.63, 3.8) is 0 Å². The van der Waals surface area contributed by atoms with Gasteiger partial charge in [0.15, 0.2) is 5.13 Å². The van der Waals surface area contributed by atoms with Gasteiger partial charge in [0.05, 0.1) is 16.6 Å². The summed E-state index contributed by atoms with van der Waals surface area (Å²) < 4.78 is 1.99. The molecule has 0 fully saturated rings. The van der Waals surface area contributed by atoms with Crippen LogP contribution in [0.3, 0.4) is 0 Å². The Morgan fingerprint density at radius 1 is 1.18 bits per heavy atom. The van der Waals surface area contributed by atoms with Crippen molar-refractivity contribution in [3.8, 4) is 0 Å². The molecular weight excluding hydrogens is 360 g/mol. The number of halogens is 1. The number of hydrogen-bond acceptors (Lipinski definition) is 3. The molecule has 3 rings (SSSR count). The van der Waals surface area contributed by atoms with Gasteiger partial charge in [0.2, 0.25) is 5.91 Å². The van der Waals surface area contributed by atoms with E-state index in [9.17, 15) is 4.79 Å². The molecule has 1 aromatic heterocycles. The minimum atomic E-state index is -0.0422. The van der Waals surface area contributed by atoms with Gasteiger partial charge in [0.1, 0.15) is 0 Å². The first-order chi connectivity index (χ1) is 10.7. The van der Waals surface area contributed by atoms with E-state index in [1.165, 1.54) is 16.9 Å². The van der Waals surface area contributed by atoms with Gasteiger partial charge in [-0.2, -0.15) is 0 Å². The number of para-hydroxylation sites is 1. The third kappa shape index (κ3) is 3.36. The molecule has 0 atom stereocenters. The van der Waals surface area contributed by atoms with Crippen molar-refractivity contribution in [3.05, 3.63) is 58.1 Å². The molecule has 5 heteroatoms. The largest absolute Gasteiger partial charge is 0.302 e. The number of carbonyl (C=O) groups is 1. The van der Waals surface area contributed by atoms with Gasteiger partial charge in [-0.25, -0.2) is 4.98 Å². The summed E-state index contributed by atoms with van der Waals surface area (Å²) in [5, 5.41) is 3.52. The standard InChI is InChI=1S/C17H15BrN2OS/c1-2-11-6-8-12(9-7-11)10-15(21)19-17-20-16-13(18)4-3-5-14(16)22-17/h3-9H,2,10H2,1H3,(H,19,20,21). The van der Waals surface area contributed by atoms with Crippen LogP contribution in [-0.2, 0) is 17.6 Å². The summed E-state index contributed by atoms with van der Waals surface area (Å²) in [5.41, 5.74) is 3.17. The van der Waals surface area contributed by atoms with Crippen molar-refractivity contribution in [2.24, 2.45) is 0 Å². The minimum Gasteiger partial charge on any atom is -0.302 e. The van der Waals surface area contributed by atoms with Crippen molar-refractivity contribution < 1.29 is 4.79 Å². The fraction of sp³-hybridized carbons (Fsp3) is 0.176. The molecule has 112 valence electrons. The highest BCUT2D eigenvalue weighted by Crippen LogP contribution is 2.30. The fourth-order valence-electron chi connectivity index (χ4n) is 2.21. The van der Waals surface area contributed by atoms with E-state index in [0.717, 1.165) is 26.7 Å². The number of benzene rings is 2. The van der Waals surface area contributed by atoms with Crippen LogP contribution in [0.2, 0.25) is 0 Å². The van der Waals surface area contributed by atoms with Crippen LogP contribution >= 0.6 is 27.3 Å². The number of hydrogen-bond donors (Lipinski definition) is 1. The average molecular weight is 375 g/mol. The summed E-state index contributed by atoms with van der Waals surface area (Å²) in [6, 6.07) is 14.1. The van der Waals surface area contributed by atoms with Gasteiger partial charge in [-0.05, 0) is 45.6 Å². The number of thiazole rings is 1. The van der Waals surface area contributed by atoms with E-state index < -0.39 is 0 Å². The van der Waals surface area contributed by atoms with Gasteiger partial charge >= 0.3 is 0 Å². The molecule has 0 radical (unpaired) electrons. The third-order valence-electron chi connectivity index (χ3n) is 3.41. The lowest BCUT2D eigenvalue weighted by Gasteiger charge is -2.03. The van der Waals surface area contributed by atoms with Crippen LogP contribution in [0.15, 0.2) is 46.9 Å². The first kappa shape index (κ1) is 15.2. The molecule has 3 aromatic rings. The van der Waals surface area contributed by atoms with Crippen LogP contribution in [0, 0.1) is 0 Å². The van der Waals surface area contributed by atoms with E-state index in [1.807, 2.05) is 30.3 Å². The Bertz CT molecular complexity index is 811.